The molecule has 45 heavy (non-hydrogen) atoms. The van der Waals surface area contributed by atoms with E-state index < -0.39 is 8.07 Å². The van der Waals surface area contributed by atoms with Crippen LogP contribution in [0.15, 0.2) is 108 Å². The van der Waals surface area contributed by atoms with Gasteiger partial charge in [0.2, 0.25) is 0 Å². The van der Waals surface area contributed by atoms with Gasteiger partial charge in [-0.15, -0.1) is 0 Å². The molecule has 4 aromatic carbocycles. The first-order valence-corrected chi connectivity index (χ1v) is 20.4. The quantitative estimate of drug-likeness (QED) is 0.0986. The number of allylic oxidation sites excluding steroid dienone is 2. The Hall–Kier alpha value is -3.42. The van der Waals surface area contributed by atoms with Crippen LogP contribution >= 0.6 is 0 Å². The van der Waals surface area contributed by atoms with E-state index in [1.54, 1.807) is 22.3 Å². The molecule has 0 nitrogen and oxygen atoms in total. The average Bonchev–Trinajstić information content (AvgIpc) is 3.61. The second-order valence-corrected chi connectivity index (χ2v) is 18.5. The number of fused-ring (bicyclic) bond motifs is 2. The number of rotatable bonds is 14. The predicted octanol–water partition coefficient (Wildman–Crippen LogP) is 13.4. The third kappa shape index (κ3) is 6.21. The first-order chi connectivity index (χ1) is 22.1. The monoisotopic (exact) mass is 608 g/mol. The van der Waals surface area contributed by atoms with Crippen molar-refractivity contribution in [3.8, 4) is 22.3 Å². The molecule has 0 N–H and O–H groups in total. The molecule has 0 amide bonds. The SMILES string of the molecule is CCCCCC[Si](CCCCCC)(C1C(C)=Cc2c(-c3ccccc3)cccc21)C1C(C)=Cc2c(-c3ccccc3)cccc21. The van der Waals surface area contributed by atoms with E-state index >= 15 is 0 Å². The van der Waals surface area contributed by atoms with Crippen molar-refractivity contribution in [1.29, 1.82) is 0 Å². The molecule has 0 bridgehead atoms. The lowest BCUT2D eigenvalue weighted by Crippen LogP contribution is -2.48. The second kappa shape index (κ2) is 14.3. The van der Waals surface area contributed by atoms with Crippen molar-refractivity contribution in [2.75, 3.05) is 0 Å². The minimum atomic E-state index is -2.04. The van der Waals surface area contributed by atoms with Crippen LogP contribution in [0.3, 0.4) is 0 Å². The number of unbranched alkanes of at least 4 members (excludes halogenated alkanes) is 6. The van der Waals surface area contributed by atoms with E-state index in [1.807, 2.05) is 0 Å². The molecule has 2 unspecified atom stereocenters. The lowest BCUT2D eigenvalue weighted by Gasteiger charge is -2.45. The van der Waals surface area contributed by atoms with Gasteiger partial charge >= 0.3 is 0 Å². The smallest absolute Gasteiger partial charge is 0.0678 e. The Morgan fingerprint density at radius 2 is 0.889 bits per heavy atom. The zero-order valence-corrected chi connectivity index (χ0v) is 29.1. The van der Waals surface area contributed by atoms with Gasteiger partial charge in [0.15, 0.2) is 0 Å². The lowest BCUT2D eigenvalue weighted by atomic mass is 9.97. The first kappa shape index (κ1) is 31.6. The van der Waals surface area contributed by atoms with E-state index in [2.05, 4.69) is 137 Å². The van der Waals surface area contributed by atoms with Crippen LogP contribution in [0.4, 0.5) is 0 Å². The highest BCUT2D eigenvalue weighted by molar-refractivity contribution is 6.84. The summed E-state index contributed by atoms with van der Waals surface area (Å²) in [6.07, 6.45) is 15.9. The second-order valence-electron chi connectivity index (χ2n) is 13.8. The maximum atomic E-state index is 2.59. The Labute approximate surface area is 274 Å². The van der Waals surface area contributed by atoms with Crippen LogP contribution in [0.5, 0.6) is 0 Å². The summed E-state index contributed by atoms with van der Waals surface area (Å²) in [4.78, 5) is 0. The number of hydrogen-bond acceptors (Lipinski definition) is 0. The third-order valence-electron chi connectivity index (χ3n) is 10.9. The zero-order valence-electron chi connectivity index (χ0n) is 28.1. The highest BCUT2D eigenvalue weighted by Crippen LogP contribution is 2.58. The Kier molecular flexibility index (Phi) is 10.1. The van der Waals surface area contributed by atoms with Crippen molar-refractivity contribution in [1.82, 2.24) is 0 Å². The number of hydrogen-bond donors (Lipinski definition) is 0. The van der Waals surface area contributed by atoms with Gasteiger partial charge < -0.3 is 0 Å². The normalized spacial score (nSPS) is 17.2. The Bertz CT molecular complexity index is 1520. The van der Waals surface area contributed by atoms with Crippen molar-refractivity contribution in [3.63, 3.8) is 0 Å². The first-order valence-electron chi connectivity index (χ1n) is 17.8. The van der Waals surface area contributed by atoms with Gasteiger partial charge in [-0.1, -0.05) is 198 Å². The summed E-state index contributed by atoms with van der Waals surface area (Å²) >= 11 is 0. The zero-order chi connectivity index (χ0) is 31.2. The van der Waals surface area contributed by atoms with Crippen LogP contribution in [0.25, 0.3) is 34.4 Å². The van der Waals surface area contributed by atoms with E-state index in [0.717, 1.165) is 0 Å². The highest BCUT2D eigenvalue weighted by atomic mass is 28.3. The third-order valence-corrected chi connectivity index (χ3v) is 17.3. The fourth-order valence-corrected chi connectivity index (χ4v) is 16.3. The summed E-state index contributed by atoms with van der Waals surface area (Å²) in [5.74, 6) is 0. The van der Waals surface area contributed by atoms with Crippen LogP contribution in [-0.4, -0.2) is 8.07 Å². The molecule has 0 aromatic heterocycles. The predicted molar refractivity (Wildman–Crippen MR) is 200 cm³/mol. The van der Waals surface area contributed by atoms with Gasteiger partial charge in [0.1, 0.15) is 0 Å². The molecule has 232 valence electrons. The van der Waals surface area contributed by atoms with Gasteiger partial charge in [-0.3, -0.25) is 0 Å². The molecule has 0 saturated heterocycles. The lowest BCUT2D eigenvalue weighted by molar-refractivity contribution is 0.668. The minimum Gasteiger partial charge on any atom is -0.0678 e. The maximum Gasteiger partial charge on any atom is 0.0781 e. The molecule has 0 aliphatic heterocycles. The molecule has 6 rings (SSSR count). The Morgan fingerprint density at radius 1 is 0.467 bits per heavy atom. The molecule has 2 aliphatic carbocycles. The van der Waals surface area contributed by atoms with Crippen molar-refractivity contribution in [2.45, 2.75) is 102 Å². The van der Waals surface area contributed by atoms with Crippen molar-refractivity contribution in [2.24, 2.45) is 0 Å². The largest absolute Gasteiger partial charge is 0.0781 e. The van der Waals surface area contributed by atoms with Gasteiger partial charge in [-0.25, -0.2) is 0 Å². The fourth-order valence-electron chi connectivity index (χ4n) is 9.00. The van der Waals surface area contributed by atoms with E-state index in [1.165, 1.54) is 96.8 Å². The molecule has 1 heteroatoms. The molecule has 0 fully saturated rings. The molecule has 2 aliphatic rings. The number of benzene rings is 4. The van der Waals surface area contributed by atoms with Crippen molar-refractivity contribution >= 4 is 20.2 Å². The van der Waals surface area contributed by atoms with Crippen LogP contribution in [0, 0.1) is 0 Å². The van der Waals surface area contributed by atoms with Crippen molar-refractivity contribution in [3.05, 3.63) is 130 Å². The molecule has 0 radical (unpaired) electrons. The Balaban J connectivity index is 1.53. The molecule has 0 spiro atoms. The summed E-state index contributed by atoms with van der Waals surface area (Å²) in [7, 11) is -2.04. The molecule has 2 atom stereocenters. The van der Waals surface area contributed by atoms with E-state index in [-0.39, 0.29) is 0 Å². The van der Waals surface area contributed by atoms with Crippen LogP contribution in [0.2, 0.25) is 12.1 Å². The van der Waals surface area contributed by atoms with Gasteiger partial charge in [0.25, 0.3) is 0 Å². The molecular formula is C44H52Si. The minimum absolute atomic E-state index is 0.555. The van der Waals surface area contributed by atoms with Gasteiger partial charge in [-0.2, -0.15) is 0 Å². The standard InChI is InChI=1S/C44H52Si/c1-5-7-9-17-29-45(30-18-10-8-6-2,43-33(3)31-41-37(25-19-27-39(41)43)35-21-13-11-14-22-35)44-34(4)32-42-38(26-20-28-40(42)44)36-23-15-12-16-24-36/h11-16,19-28,31-32,43-44H,5-10,17-18,29-30H2,1-4H3. The Morgan fingerprint density at radius 3 is 1.29 bits per heavy atom. The van der Waals surface area contributed by atoms with E-state index in [0.29, 0.717) is 11.1 Å². The van der Waals surface area contributed by atoms with Gasteiger partial charge in [0, 0.05) is 11.1 Å². The fraction of sp³-hybridized carbons (Fsp3) is 0.364. The van der Waals surface area contributed by atoms with Gasteiger partial charge in [-0.05, 0) is 58.4 Å². The summed E-state index contributed by atoms with van der Waals surface area (Å²) in [6, 6.07) is 39.4. The topological polar surface area (TPSA) is 0 Å². The summed E-state index contributed by atoms with van der Waals surface area (Å²) in [5, 5.41) is 0. The summed E-state index contributed by atoms with van der Waals surface area (Å²) < 4.78 is 0. The molecule has 0 saturated carbocycles. The maximum absolute atomic E-state index is 2.59. The van der Waals surface area contributed by atoms with Crippen LogP contribution in [-0.2, 0) is 0 Å². The van der Waals surface area contributed by atoms with E-state index in [4.69, 9.17) is 0 Å². The summed E-state index contributed by atoms with van der Waals surface area (Å²) in [6.45, 7) is 9.67. The molecule has 4 aromatic rings. The van der Waals surface area contributed by atoms with E-state index in [9.17, 15) is 0 Å². The average molecular weight is 609 g/mol. The van der Waals surface area contributed by atoms with Crippen LogP contribution < -0.4 is 0 Å². The molecule has 0 heterocycles. The van der Waals surface area contributed by atoms with Crippen LogP contribution in [0.1, 0.15) is 112 Å². The van der Waals surface area contributed by atoms with Crippen molar-refractivity contribution < 1.29 is 0 Å². The molecular weight excluding hydrogens is 557 g/mol. The van der Waals surface area contributed by atoms with Gasteiger partial charge in [0.05, 0.1) is 8.07 Å². The summed E-state index contributed by atoms with van der Waals surface area (Å²) in [5.41, 5.74) is 16.0. The highest BCUT2D eigenvalue weighted by Gasteiger charge is 2.52.